The Hall–Kier alpha value is -4.65. The van der Waals surface area contributed by atoms with E-state index < -0.39 is 0 Å². The van der Waals surface area contributed by atoms with Crippen LogP contribution in [0, 0.1) is 0 Å². The number of nitrogens with zero attached hydrogens (tertiary/aromatic N) is 3. The second kappa shape index (κ2) is 20.4. The molecule has 3 spiro atoms. The number of carbonyl (C=O) groups is 3. The summed E-state index contributed by atoms with van der Waals surface area (Å²) in [4.78, 5) is 41.5. The molecule has 6 fully saturated rings. The summed E-state index contributed by atoms with van der Waals surface area (Å²) >= 11 is 0. The van der Waals surface area contributed by atoms with Gasteiger partial charge in [0.15, 0.2) is 0 Å². The molecule has 6 aliphatic heterocycles. The van der Waals surface area contributed by atoms with E-state index in [0.29, 0.717) is 39.5 Å². The van der Waals surface area contributed by atoms with Crippen molar-refractivity contribution in [2.75, 3.05) is 59.1 Å². The standard InChI is InChI=1S/3C15H19NO3.CH4/c3*17-14(18-11-13-5-2-1-3-6-13)16-9-4-7-15(12-16)8-10-19-15;/h3*1-3,5-6H,4,7-12H2;1H4/t2*15-;;/m00../s1. The summed E-state index contributed by atoms with van der Waals surface area (Å²) in [5.74, 6) is 0. The number of piperidine rings is 3. The van der Waals surface area contributed by atoms with E-state index in [1.807, 2.05) is 91.0 Å². The van der Waals surface area contributed by atoms with Crippen molar-refractivity contribution in [2.24, 2.45) is 0 Å². The molecule has 0 aromatic heterocycles. The maximum atomic E-state index is 12.0. The fourth-order valence-corrected chi connectivity index (χ4v) is 8.33. The van der Waals surface area contributed by atoms with Crippen LogP contribution in [-0.4, -0.2) is 109 Å². The zero-order chi connectivity index (χ0) is 39.4. The molecule has 6 aliphatic rings. The van der Waals surface area contributed by atoms with Crippen LogP contribution in [0.3, 0.4) is 0 Å². The van der Waals surface area contributed by atoms with Gasteiger partial charge in [0, 0.05) is 38.9 Å². The Balaban J connectivity index is 0.000000145. The fourth-order valence-electron chi connectivity index (χ4n) is 8.33. The normalized spacial score (nSPS) is 25.6. The Morgan fingerprint density at radius 3 is 0.931 bits per heavy atom. The van der Waals surface area contributed by atoms with E-state index in [1.54, 1.807) is 14.7 Å². The number of hydrogen-bond acceptors (Lipinski definition) is 9. The Bertz CT molecular complexity index is 1530. The molecule has 0 radical (unpaired) electrons. The molecule has 0 aliphatic carbocycles. The molecular formula is C46H61N3O9. The van der Waals surface area contributed by atoms with Gasteiger partial charge in [0.25, 0.3) is 0 Å². The highest BCUT2D eigenvalue weighted by Crippen LogP contribution is 2.37. The van der Waals surface area contributed by atoms with Crippen molar-refractivity contribution >= 4 is 18.3 Å². The fraction of sp³-hybridized carbons (Fsp3) is 0.543. The largest absolute Gasteiger partial charge is 0.445 e. The zero-order valence-corrected chi connectivity index (χ0v) is 33.0. The number of carbonyl (C=O) groups excluding carboxylic acids is 3. The molecule has 0 saturated carbocycles. The minimum absolute atomic E-state index is 0. The van der Waals surface area contributed by atoms with Crippen LogP contribution < -0.4 is 0 Å². The maximum Gasteiger partial charge on any atom is 0.410 e. The highest BCUT2D eigenvalue weighted by Gasteiger charge is 2.45. The molecule has 1 unspecified atom stereocenters. The molecule has 3 aromatic carbocycles. The van der Waals surface area contributed by atoms with Gasteiger partial charge < -0.3 is 43.1 Å². The van der Waals surface area contributed by atoms with Crippen LogP contribution in [0.25, 0.3) is 0 Å². The molecule has 12 heteroatoms. The summed E-state index contributed by atoms with van der Waals surface area (Å²) < 4.78 is 33.0. The number of rotatable bonds is 6. The average Bonchev–Trinajstić information content (AvgIpc) is 3.24. The maximum absolute atomic E-state index is 12.0. The van der Waals surface area contributed by atoms with E-state index in [-0.39, 0.29) is 42.5 Å². The summed E-state index contributed by atoms with van der Waals surface area (Å²) in [6.07, 6.45) is 8.72. The van der Waals surface area contributed by atoms with Crippen molar-refractivity contribution in [1.29, 1.82) is 0 Å². The zero-order valence-electron chi connectivity index (χ0n) is 33.0. The van der Waals surface area contributed by atoms with Crippen LogP contribution in [0.1, 0.15) is 81.9 Å². The Labute approximate surface area is 343 Å². The molecule has 9 rings (SSSR count). The van der Waals surface area contributed by atoms with Gasteiger partial charge in [0.05, 0.1) is 56.3 Å². The number of amides is 3. The first-order chi connectivity index (χ1) is 27.8. The van der Waals surface area contributed by atoms with Gasteiger partial charge in [-0.25, -0.2) is 14.4 Å². The van der Waals surface area contributed by atoms with E-state index in [0.717, 1.165) is 114 Å². The average molecular weight is 800 g/mol. The lowest BCUT2D eigenvalue weighted by atomic mass is 9.86. The minimum Gasteiger partial charge on any atom is -0.445 e. The first-order valence-corrected chi connectivity index (χ1v) is 20.6. The number of hydrogen-bond donors (Lipinski definition) is 0. The van der Waals surface area contributed by atoms with E-state index in [2.05, 4.69) is 0 Å². The second-order valence-corrected chi connectivity index (χ2v) is 16.0. The van der Waals surface area contributed by atoms with Gasteiger partial charge in [-0.15, -0.1) is 0 Å². The molecule has 6 heterocycles. The Morgan fingerprint density at radius 2 is 0.707 bits per heavy atom. The molecule has 314 valence electrons. The third kappa shape index (κ3) is 11.5. The van der Waals surface area contributed by atoms with E-state index in [1.165, 1.54) is 0 Å². The van der Waals surface area contributed by atoms with Gasteiger partial charge in [-0.3, -0.25) is 0 Å². The quantitative estimate of drug-likeness (QED) is 0.227. The Morgan fingerprint density at radius 1 is 0.448 bits per heavy atom. The Kier molecular flexibility index (Phi) is 15.1. The van der Waals surface area contributed by atoms with Crippen molar-refractivity contribution in [3.8, 4) is 0 Å². The molecule has 58 heavy (non-hydrogen) atoms. The topological polar surface area (TPSA) is 116 Å². The van der Waals surface area contributed by atoms with Crippen LogP contribution in [0.2, 0.25) is 0 Å². The van der Waals surface area contributed by atoms with E-state index >= 15 is 0 Å². The van der Waals surface area contributed by atoms with Gasteiger partial charge in [-0.1, -0.05) is 98.4 Å². The molecule has 12 nitrogen and oxygen atoms in total. The lowest BCUT2D eigenvalue weighted by Gasteiger charge is -2.48. The van der Waals surface area contributed by atoms with Gasteiger partial charge in [-0.2, -0.15) is 0 Å². The van der Waals surface area contributed by atoms with Crippen molar-refractivity contribution < 1.29 is 42.8 Å². The van der Waals surface area contributed by atoms with Crippen LogP contribution in [0.5, 0.6) is 0 Å². The SMILES string of the molecule is C.O=C(OCc1ccccc1)N1CCCC2(CCO2)C1.O=C(OCc1ccccc1)N1CCC[C@]2(CCO2)C1.O=C(OCc1ccccc1)N1CCC[C@]2(CCO2)C1. The lowest BCUT2D eigenvalue weighted by molar-refractivity contribution is -0.173. The van der Waals surface area contributed by atoms with Gasteiger partial charge in [0.2, 0.25) is 0 Å². The summed E-state index contributed by atoms with van der Waals surface area (Å²) in [5.41, 5.74) is 2.85. The van der Waals surface area contributed by atoms with Crippen molar-refractivity contribution in [3.63, 3.8) is 0 Å². The minimum atomic E-state index is -0.224. The summed E-state index contributed by atoms with van der Waals surface area (Å²) in [5, 5.41) is 0. The molecule has 0 N–H and O–H groups in total. The van der Waals surface area contributed by atoms with Crippen molar-refractivity contribution in [3.05, 3.63) is 108 Å². The lowest BCUT2D eigenvalue weighted by Crippen LogP contribution is -2.57. The molecule has 3 atom stereocenters. The van der Waals surface area contributed by atoms with Crippen molar-refractivity contribution in [2.45, 2.75) is 102 Å². The van der Waals surface area contributed by atoms with Crippen molar-refractivity contribution in [1.82, 2.24) is 14.7 Å². The van der Waals surface area contributed by atoms with Crippen LogP contribution >= 0.6 is 0 Å². The summed E-state index contributed by atoms with van der Waals surface area (Å²) in [6, 6.07) is 29.3. The third-order valence-corrected chi connectivity index (χ3v) is 11.9. The van der Waals surface area contributed by atoms with Crippen LogP contribution in [0.15, 0.2) is 91.0 Å². The number of benzene rings is 3. The van der Waals surface area contributed by atoms with Gasteiger partial charge in [-0.05, 0) is 55.2 Å². The predicted molar refractivity (Wildman–Crippen MR) is 219 cm³/mol. The first kappa shape index (κ1) is 42.9. The monoisotopic (exact) mass is 799 g/mol. The van der Waals surface area contributed by atoms with E-state index in [9.17, 15) is 14.4 Å². The summed E-state index contributed by atoms with van der Waals surface area (Å²) in [6.45, 7) is 7.86. The third-order valence-electron chi connectivity index (χ3n) is 11.9. The summed E-state index contributed by atoms with van der Waals surface area (Å²) in [7, 11) is 0. The van der Waals surface area contributed by atoms with Crippen LogP contribution in [0.4, 0.5) is 14.4 Å². The van der Waals surface area contributed by atoms with Gasteiger partial charge in [0.1, 0.15) is 19.8 Å². The molecule has 3 amide bonds. The molecule has 0 bridgehead atoms. The highest BCUT2D eigenvalue weighted by atomic mass is 16.6. The van der Waals surface area contributed by atoms with Gasteiger partial charge >= 0.3 is 18.3 Å². The molecular weight excluding hydrogens is 739 g/mol. The second-order valence-electron chi connectivity index (χ2n) is 16.0. The molecule has 6 saturated heterocycles. The predicted octanol–water partition coefficient (Wildman–Crippen LogP) is 8.37. The number of likely N-dealkylation sites (tertiary alicyclic amines) is 3. The van der Waals surface area contributed by atoms with E-state index in [4.69, 9.17) is 28.4 Å². The highest BCUT2D eigenvalue weighted by molar-refractivity contribution is 5.69. The number of ether oxygens (including phenoxy) is 6. The van der Waals surface area contributed by atoms with Crippen LogP contribution in [-0.2, 0) is 48.2 Å². The molecule has 3 aromatic rings. The first-order valence-electron chi connectivity index (χ1n) is 20.6. The smallest absolute Gasteiger partial charge is 0.410 e.